The highest BCUT2D eigenvalue weighted by Crippen LogP contribution is 2.64. The van der Waals surface area contributed by atoms with Crippen LogP contribution < -0.4 is 10.6 Å². The highest BCUT2D eigenvalue weighted by atomic mass is 16.5. The van der Waals surface area contributed by atoms with E-state index in [1.54, 1.807) is 4.90 Å². The summed E-state index contributed by atoms with van der Waals surface area (Å²) in [6.07, 6.45) is 4.86. The third-order valence-corrected chi connectivity index (χ3v) is 9.85. The van der Waals surface area contributed by atoms with Gasteiger partial charge in [0, 0.05) is 25.4 Å². The van der Waals surface area contributed by atoms with Crippen LogP contribution in [0.2, 0.25) is 0 Å². The highest BCUT2D eigenvalue weighted by Gasteiger charge is 2.78. The average Bonchev–Trinajstić information content (AvgIpc) is 3.63. The summed E-state index contributed by atoms with van der Waals surface area (Å²) >= 11 is 0. The molecule has 3 aromatic carbocycles. The number of hydrogen-bond donors (Lipinski definition) is 3. The van der Waals surface area contributed by atoms with E-state index >= 15 is 0 Å². The molecule has 3 saturated heterocycles. The number of aliphatic hydroxyl groups is 1. The smallest absolute Gasteiger partial charge is 0.250 e. The summed E-state index contributed by atoms with van der Waals surface area (Å²) in [4.78, 5) is 44.1. The molecule has 3 amide bonds. The van der Waals surface area contributed by atoms with E-state index in [-0.39, 0.29) is 24.3 Å². The van der Waals surface area contributed by atoms with Gasteiger partial charge in [0.05, 0.1) is 17.4 Å². The maximum atomic E-state index is 14.3. The van der Waals surface area contributed by atoms with Crippen LogP contribution in [-0.4, -0.2) is 58.1 Å². The Balaban J connectivity index is 1.30. The molecule has 0 aliphatic carbocycles. The van der Waals surface area contributed by atoms with Crippen LogP contribution in [0.4, 0.5) is 5.69 Å². The van der Waals surface area contributed by atoms with E-state index in [2.05, 4.69) is 10.6 Å². The zero-order valence-electron chi connectivity index (χ0n) is 24.8. The summed E-state index contributed by atoms with van der Waals surface area (Å²) < 4.78 is 6.88. The molecule has 8 nitrogen and oxygen atoms in total. The number of nitrogens with zero attached hydrogens (tertiary/aromatic N) is 1. The fourth-order valence-corrected chi connectivity index (χ4v) is 7.78. The fourth-order valence-electron chi connectivity index (χ4n) is 7.78. The Morgan fingerprint density at radius 3 is 2.44 bits per heavy atom. The molecule has 0 saturated carbocycles. The van der Waals surface area contributed by atoms with E-state index in [9.17, 15) is 19.5 Å². The zero-order chi connectivity index (χ0) is 30.0. The Hall–Kier alpha value is -3.75. The molecule has 8 heteroatoms. The summed E-state index contributed by atoms with van der Waals surface area (Å²) in [6, 6.07) is 22.6. The number of nitrogens with one attached hydrogen (secondary N) is 2. The predicted molar refractivity (Wildman–Crippen MR) is 165 cm³/mol. The van der Waals surface area contributed by atoms with Crippen molar-refractivity contribution < 1.29 is 24.2 Å². The van der Waals surface area contributed by atoms with Gasteiger partial charge < -0.3 is 25.4 Å². The molecule has 6 rings (SSSR count). The van der Waals surface area contributed by atoms with Gasteiger partial charge in [-0.15, -0.1) is 0 Å². The monoisotopic (exact) mass is 583 g/mol. The zero-order valence-corrected chi connectivity index (χ0v) is 24.8. The van der Waals surface area contributed by atoms with Crippen molar-refractivity contribution in [1.29, 1.82) is 0 Å². The maximum Gasteiger partial charge on any atom is 0.250 e. The predicted octanol–water partition coefficient (Wildman–Crippen LogP) is 4.80. The lowest BCUT2D eigenvalue weighted by molar-refractivity contribution is -0.146. The van der Waals surface area contributed by atoms with E-state index < -0.39 is 29.1 Å². The quantitative estimate of drug-likeness (QED) is 0.266. The van der Waals surface area contributed by atoms with Gasteiger partial charge >= 0.3 is 0 Å². The third kappa shape index (κ3) is 5.21. The van der Waals surface area contributed by atoms with Gasteiger partial charge in [-0.25, -0.2) is 0 Å². The first-order chi connectivity index (χ1) is 20.9. The van der Waals surface area contributed by atoms with Gasteiger partial charge in [-0.3, -0.25) is 14.4 Å². The summed E-state index contributed by atoms with van der Waals surface area (Å²) in [5.41, 5.74) is -0.201. The Labute approximate surface area is 252 Å². The molecule has 43 heavy (non-hydrogen) atoms. The van der Waals surface area contributed by atoms with Gasteiger partial charge in [-0.1, -0.05) is 80.4 Å². The SMILES string of the molecule is CC[C@@]12CCC3(O1)C(C(=O)Nc1ccc4ccccc4c1)N(CCCCCCO)C(=O)[C@@H]3[C@@H]2C(=O)NCc1ccccc1. The molecule has 3 N–H and O–H groups in total. The van der Waals surface area contributed by atoms with E-state index in [0.29, 0.717) is 50.9 Å². The lowest BCUT2D eigenvalue weighted by Crippen LogP contribution is -2.53. The molecule has 1 spiro atoms. The Morgan fingerprint density at radius 1 is 0.930 bits per heavy atom. The average molecular weight is 584 g/mol. The van der Waals surface area contributed by atoms with Crippen LogP contribution in [0.1, 0.15) is 57.4 Å². The molecule has 2 unspecified atom stereocenters. The van der Waals surface area contributed by atoms with Crippen molar-refractivity contribution in [1.82, 2.24) is 10.2 Å². The number of rotatable bonds is 12. The van der Waals surface area contributed by atoms with Gasteiger partial charge in [-0.05, 0) is 60.6 Å². The lowest BCUT2D eigenvalue weighted by Gasteiger charge is -2.34. The lowest BCUT2D eigenvalue weighted by atomic mass is 9.65. The number of benzene rings is 3. The summed E-state index contributed by atoms with van der Waals surface area (Å²) in [6.45, 7) is 2.91. The number of amides is 3. The fraction of sp³-hybridized carbons (Fsp3) is 0.457. The second-order valence-electron chi connectivity index (χ2n) is 12.3. The number of aliphatic hydroxyl groups excluding tert-OH is 1. The summed E-state index contributed by atoms with van der Waals surface area (Å²) in [7, 11) is 0. The second kappa shape index (κ2) is 12.1. The minimum Gasteiger partial charge on any atom is -0.396 e. The van der Waals surface area contributed by atoms with Crippen LogP contribution in [0.15, 0.2) is 72.8 Å². The molecule has 0 aromatic heterocycles. The molecule has 3 aliphatic heterocycles. The second-order valence-corrected chi connectivity index (χ2v) is 12.3. The molecule has 0 radical (unpaired) electrons. The minimum atomic E-state index is -1.06. The summed E-state index contributed by atoms with van der Waals surface area (Å²) in [5, 5.41) is 17.5. The van der Waals surface area contributed by atoms with Gasteiger partial charge in [0.2, 0.25) is 17.7 Å². The normalized spacial score (nSPS) is 27.4. The number of likely N-dealkylation sites (tertiary alicyclic amines) is 1. The van der Waals surface area contributed by atoms with Crippen molar-refractivity contribution in [2.45, 2.75) is 75.7 Å². The van der Waals surface area contributed by atoms with E-state index in [1.165, 1.54) is 0 Å². The van der Waals surface area contributed by atoms with Crippen LogP contribution in [0.5, 0.6) is 0 Å². The van der Waals surface area contributed by atoms with Crippen LogP contribution in [0.3, 0.4) is 0 Å². The summed E-state index contributed by atoms with van der Waals surface area (Å²) in [5.74, 6) is -2.03. The van der Waals surface area contributed by atoms with Crippen molar-refractivity contribution >= 4 is 34.2 Å². The first-order valence-electron chi connectivity index (χ1n) is 15.7. The van der Waals surface area contributed by atoms with Crippen LogP contribution >= 0.6 is 0 Å². The molecule has 2 bridgehead atoms. The first-order valence-corrected chi connectivity index (χ1v) is 15.7. The molecule has 5 atom stereocenters. The topological polar surface area (TPSA) is 108 Å². The van der Waals surface area contributed by atoms with Crippen molar-refractivity contribution in [3.05, 3.63) is 78.4 Å². The number of carbonyl (C=O) groups is 3. The van der Waals surface area contributed by atoms with Crippen molar-refractivity contribution in [2.24, 2.45) is 11.8 Å². The maximum absolute atomic E-state index is 14.3. The molecule has 226 valence electrons. The number of anilines is 1. The number of unbranched alkanes of at least 4 members (excludes halogenated alkanes) is 3. The van der Waals surface area contributed by atoms with Gasteiger partial charge in [-0.2, -0.15) is 0 Å². The largest absolute Gasteiger partial charge is 0.396 e. The van der Waals surface area contributed by atoms with E-state index in [4.69, 9.17) is 4.74 Å². The van der Waals surface area contributed by atoms with Crippen molar-refractivity contribution in [3.63, 3.8) is 0 Å². The Morgan fingerprint density at radius 2 is 1.67 bits per heavy atom. The van der Waals surface area contributed by atoms with E-state index in [0.717, 1.165) is 29.2 Å². The number of carbonyl (C=O) groups excluding carboxylic acids is 3. The first kappa shape index (κ1) is 29.3. The number of ether oxygens (including phenoxy) is 1. The van der Waals surface area contributed by atoms with Gasteiger partial charge in [0.15, 0.2) is 0 Å². The molecule has 3 aromatic rings. The van der Waals surface area contributed by atoms with E-state index in [1.807, 2.05) is 79.7 Å². The molecular weight excluding hydrogens is 542 g/mol. The molecule has 3 fully saturated rings. The third-order valence-electron chi connectivity index (χ3n) is 9.85. The van der Waals surface area contributed by atoms with Gasteiger partial charge in [0.25, 0.3) is 0 Å². The van der Waals surface area contributed by atoms with Crippen LogP contribution in [0, 0.1) is 11.8 Å². The molecule has 3 heterocycles. The standard InChI is InChI=1S/C35H41N3O5/c1-2-34-18-19-35(43-34)29(28(34)31(40)36-23-24-12-6-5-7-13-24)33(42)38(20-10-3-4-11-21-39)30(35)32(41)37-27-17-16-25-14-8-9-15-26(25)22-27/h5-9,12-17,22,28-30,39H,2-4,10-11,18-21,23H2,1H3,(H,36,40)(H,37,41)/t28-,29+,30?,34+,35?/m1/s1. The minimum absolute atomic E-state index is 0.136. The Kier molecular flexibility index (Phi) is 8.25. The van der Waals surface area contributed by atoms with Crippen LogP contribution in [0.25, 0.3) is 10.8 Å². The number of fused-ring (bicyclic) bond motifs is 2. The van der Waals surface area contributed by atoms with Gasteiger partial charge in [0.1, 0.15) is 11.6 Å². The molecular formula is C35H41N3O5. The number of hydrogen-bond acceptors (Lipinski definition) is 5. The van der Waals surface area contributed by atoms with Crippen molar-refractivity contribution in [3.8, 4) is 0 Å². The van der Waals surface area contributed by atoms with Crippen molar-refractivity contribution in [2.75, 3.05) is 18.5 Å². The Bertz CT molecular complexity index is 1500. The molecule has 3 aliphatic rings. The van der Waals surface area contributed by atoms with Crippen LogP contribution in [-0.2, 0) is 25.7 Å². The highest BCUT2D eigenvalue weighted by molar-refractivity contribution is 6.04.